The van der Waals surface area contributed by atoms with E-state index in [1.807, 2.05) is 152 Å². The van der Waals surface area contributed by atoms with E-state index in [-0.39, 0.29) is 0 Å². The van der Waals surface area contributed by atoms with Crippen molar-refractivity contribution in [3.63, 3.8) is 0 Å². The van der Waals surface area contributed by atoms with Crippen LogP contribution in [-0.2, 0) is 0 Å². The molecule has 0 atom stereocenters. The minimum atomic E-state index is 0.548. The lowest BCUT2D eigenvalue weighted by Gasteiger charge is -2.17. The van der Waals surface area contributed by atoms with Gasteiger partial charge in [-0.2, -0.15) is 0 Å². The molecule has 0 unspecified atom stereocenters. The van der Waals surface area contributed by atoms with Crippen LogP contribution in [0.4, 0.5) is 0 Å². The van der Waals surface area contributed by atoms with Crippen LogP contribution >= 0.6 is 0 Å². The molecule has 9 heteroatoms. The van der Waals surface area contributed by atoms with Crippen LogP contribution in [0.5, 0.6) is 0 Å². The lowest BCUT2D eigenvalue weighted by molar-refractivity contribution is 0.669. The second kappa shape index (κ2) is 20.4. The maximum absolute atomic E-state index is 6.34. The Kier molecular flexibility index (Phi) is 11.7. The highest BCUT2D eigenvalue weighted by Crippen LogP contribution is 2.45. The van der Waals surface area contributed by atoms with Gasteiger partial charge in [0.05, 0.1) is 5.52 Å². The quantitative estimate of drug-likeness (QED) is 0.130. The van der Waals surface area contributed by atoms with Gasteiger partial charge in [0.1, 0.15) is 11.1 Å². The first-order valence-corrected chi connectivity index (χ1v) is 28.9. The Morgan fingerprint density at radius 3 is 1.28 bits per heavy atom. The molecule has 5 aromatic heterocycles. The molecule has 0 amide bonds. The zero-order valence-corrected chi connectivity index (χ0v) is 46.5. The van der Waals surface area contributed by atoms with Crippen molar-refractivity contribution in [2.75, 3.05) is 0 Å². The van der Waals surface area contributed by atoms with Crippen molar-refractivity contribution in [1.82, 2.24) is 39.9 Å². The minimum absolute atomic E-state index is 0.548. The van der Waals surface area contributed by atoms with Gasteiger partial charge in [0, 0.05) is 67.7 Å². The van der Waals surface area contributed by atoms with Gasteiger partial charge in [0.2, 0.25) is 0 Å². The average Bonchev–Trinajstić information content (AvgIpc) is 1.55. The molecule has 0 N–H and O–H groups in total. The van der Waals surface area contributed by atoms with Crippen LogP contribution in [0.15, 0.2) is 284 Å². The summed E-state index contributed by atoms with van der Waals surface area (Å²) in [5, 5.41) is 11.0. The summed E-state index contributed by atoms with van der Waals surface area (Å²) in [4.78, 5) is 41.2. The normalized spacial score (nSPS) is 11.7. The fraction of sp³-hybridized carbons (Fsp3) is 0. The van der Waals surface area contributed by atoms with Gasteiger partial charge in [-0.3, -0.25) is 4.98 Å². The van der Waals surface area contributed by atoms with Crippen LogP contribution in [0.3, 0.4) is 0 Å². The molecule has 87 heavy (non-hydrogen) atoms. The average molecular weight is 1110 g/mol. The number of hydrogen-bond donors (Lipinski definition) is 0. The zero-order chi connectivity index (χ0) is 57.4. The SMILES string of the molecule is c1ccc(-c2nc(-c3ccccc3)nc(-c3cc(-c4cncc(-c5ccc6c7ccccc7c7c8ccccc8c(-c8nc(-c9ccccc9)nc(-c9ccccc9)n8)cc7c6c5)c4)cc(-c4ccc5nc6c(cc5c4)oc4ccccc46)c3)n2)cc1. The Morgan fingerprint density at radius 2 is 0.667 bits per heavy atom. The Bertz CT molecular complexity index is 5470. The van der Waals surface area contributed by atoms with Gasteiger partial charge in [-0.05, 0) is 132 Å². The third kappa shape index (κ3) is 8.80. The van der Waals surface area contributed by atoms with E-state index in [9.17, 15) is 0 Å². The van der Waals surface area contributed by atoms with Gasteiger partial charge in [-0.1, -0.05) is 200 Å². The van der Waals surface area contributed by atoms with E-state index in [0.29, 0.717) is 34.9 Å². The molecule has 17 aromatic rings. The predicted octanol–water partition coefficient (Wildman–Crippen LogP) is 19.5. The standard InChI is InChI=1S/C78H46N8O/c1-5-19-47(20-6-1)73-81-74(48-21-7-2-8-22-48)84-77(83-73)56-39-53(51-34-36-68-55(37-51)43-70-72(80-68)64-31-17-18-32-69(64)87-70)38-54(40-56)58-41-57(45-79-46-58)52-33-35-61-59-27-13-15-29-62(59)71-63-30-16-14-28-60(63)67(44-66(71)65(61)42-52)78-85-75(49-23-9-3-10-24-49)82-76(86-78)50-25-11-4-12-26-50/h1-46H. The number of pyridine rings is 2. The number of fused-ring (bicyclic) bond motifs is 12. The van der Waals surface area contributed by atoms with Gasteiger partial charge in [-0.15, -0.1) is 0 Å². The Hall–Kier alpha value is -11.9. The third-order valence-electron chi connectivity index (χ3n) is 16.6. The summed E-state index contributed by atoms with van der Waals surface area (Å²) in [5.74, 6) is 3.54. The van der Waals surface area contributed by atoms with Gasteiger partial charge >= 0.3 is 0 Å². The number of furan rings is 1. The number of hydrogen-bond acceptors (Lipinski definition) is 9. The molecular formula is C78H46N8O. The molecule has 404 valence electrons. The highest BCUT2D eigenvalue weighted by molar-refractivity contribution is 6.33. The maximum Gasteiger partial charge on any atom is 0.164 e. The number of nitrogens with zero attached hydrogens (tertiary/aromatic N) is 8. The highest BCUT2D eigenvalue weighted by Gasteiger charge is 2.21. The van der Waals surface area contributed by atoms with E-state index >= 15 is 0 Å². The lowest BCUT2D eigenvalue weighted by atomic mass is 9.87. The van der Waals surface area contributed by atoms with Crippen molar-refractivity contribution in [1.29, 1.82) is 0 Å². The summed E-state index contributed by atoms with van der Waals surface area (Å²) in [7, 11) is 0. The Balaban J connectivity index is 0.853. The van der Waals surface area contributed by atoms with E-state index in [2.05, 4.69) is 127 Å². The molecule has 5 heterocycles. The van der Waals surface area contributed by atoms with Gasteiger partial charge in [-0.25, -0.2) is 34.9 Å². The Morgan fingerprint density at radius 1 is 0.230 bits per heavy atom. The molecule has 0 spiro atoms. The van der Waals surface area contributed by atoms with Crippen LogP contribution < -0.4 is 0 Å². The fourth-order valence-electron chi connectivity index (χ4n) is 12.4. The fourth-order valence-corrected chi connectivity index (χ4v) is 12.4. The summed E-state index contributed by atoms with van der Waals surface area (Å²) in [6, 6.07) is 92.3. The first-order valence-electron chi connectivity index (χ1n) is 28.9. The summed E-state index contributed by atoms with van der Waals surface area (Å²) in [6.45, 7) is 0. The van der Waals surface area contributed by atoms with Crippen LogP contribution in [-0.4, -0.2) is 39.9 Å². The first-order chi connectivity index (χ1) is 43.1. The van der Waals surface area contributed by atoms with E-state index in [4.69, 9.17) is 44.3 Å². The molecule has 0 radical (unpaired) electrons. The molecule has 0 bridgehead atoms. The van der Waals surface area contributed by atoms with E-state index in [1.165, 1.54) is 16.2 Å². The summed E-state index contributed by atoms with van der Waals surface area (Å²) in [5.41, 5.74) is 14.5. The first kappa shape index (κ1) is 49.7. The van der Waals surface area contributed by atoms with Crippen molar-refractivity contribution in [2.24, 2.45) is 0 Å². The number of rotatable bonds is 9. The van der Waals surface area contributed by atoms with Crippen molar-refractivity contribution < 1.29 is 4.42 Å². The maximum atomic E-state index is 6.34. The zero-order valence-electron chi connectivity index (χ0n) is 46.5. The lowest BCUT2D eigenvalue weighted by Crippen LogP contribution is -2.01. The molecule has 0 fully saturated rings. The molecule has 0 saturated heterocycles. The Labute approximate surface area is 498 Å². The smallest absolute Gasteiger partial charge is 0.164 e. The van der Waals surface area contributed by atoms with Gasteiger partial charge in [0.15, 0.2) is 40.5 Å². The number of aromatic nitrogens is 8. The number of benzene rings is 12. The van der Waals surface area contributed by atoms with Crippen LogP contribution in [0, 0.1) is 0 Å². The van der Waals surface area contributed by atoms with Gasteiger partial charge < -0.3 is 4.42 Å². The number of para-hydroxylation sites is 1. The highest BCUT2D eigenvalue weighted by atomic mass is 16.3. The van der Waals surface area contributed by atoms with Crippen LogP contribution in [0.2, 0.25) is 0 Å². The van der Waals surface area contributed by atoms with Crippen LogP contribution in [0.25, 0.3) is 178 Å². The van der Waals surface area contributed by atoms with E-state index < -0.39 is 0 Å². The van der Waals surface area contributed by atoms with Crippen molar-refractivity contribution in [3.8, 4) is 102 Å². The molecule has 0 aliphatic carbocycles. The predicted molar refractivity (Wildman–Crippen MR) is 353 cm³/mol. The van der Waals surface area contributed by atoms with Gasteiger partial charge in [0.25, 0.3) is 0 Å². The monoisotopic (exact) mass is 1110 g/mol. The summed E-state index contributed by atoms with van der Waals surface area (Å²) in [6.07, 6.45) is 3.90. The van der Waals surface area contributed by atoms with E-state index in [0.717, 1.165) is 127 Å². The van der Waals surface area contributed by atoms with Crippen molar-refractivity contribution >= 4 is 76.1 Å². The molecule has 0 aliphatic rings. The van der Waals surface area contributed by atoms with E-state index in [1.54, 1.807) is 0 Å². The summed E-state index contributed by atoms with van der Waals surface area (Å²) < 4.78 is 6.34. The molecule has 12 aromatic carbocycles. The molecule has 0 saturated carbocycles. The molecule has 0 aliphatic heterocycles. The molecule has 17 rings (SSSR count). The second-order valence-corrected chi connectivity index (χ2v) is 21.9. The minimum Gasteiger partial charge on any atom is -0.454 e. The van der Waals surface area contributed by atoms with Crippen molar-refractivity contribution in [3.05, 3.63) is 279 Å². The topological polar surface area (TPSA) is 116 Å². The third-order valence-corrected chi connectivity index (χ3v) is 16.6. The van der Waals surface area contributed by atoms with Crippen molar-refractivity contribution in [2.45, 2.75) is 0 Å². The largest absolute Gasteiger partial charge is 0.454 e. The summed E-state index contributed by atoms with van der Waals surface area (Å²) >= 11 is 0. The molecule has 9 nitrogen and oxygen atoms in total. The second-order valence-electron chi connectivity index (χ2n) is 21.9. The molecular weight excluding hydrogens is 1060 g/mol. The van der Waals surface area contributed by atoms with Crippen LogP contribution in [0.1, 0.15) is 0 Å².